The minimum absolute atomic E-state index is 0.505. The largest absolute Gasteiger partial charge is 0.314 e. The van der Waals surface area contributed by atoms with Crippen LogP contribution >= 0.6 is 0 Å². The van der Waals surface area contributed by atoms with E-state index in [9.17, 15) is 0 Å². The van der Waals surface area contributed by atoms with Gasteiger partial charge in [-0.2, -0.15) is 5.10 Å². The number of fused-ring (bicyclic) bond motifs is 1. The predicted octanol–water partition coefficient (Wildman–Crippen LogP) is 2.83. The first-order valence-electron chi connectivity index (χ1n) is 9.08. The highest BCUT2D eigenvalue weighted by atomic mass is 15.3. The zero-order chi connectivity index (χ0) is 17.1. The van der Waals surface area contributed by atoms with E-state index in [1.807, 2.05) is 17.8 Å². The number of nitrogens with one attached hydrogen (secondary N) is 1. The number of piperidine rings is 1. The summed E-state index contributed by atoms with van der Waals surface area (Å²) in [6, 6.07) is 15.0. The number of likely N-dealkylation sites (tertiary alicyclic amines) is 1. The Morgan fingerprint density at radius 3 is 2.92 bits per heavy atom. The van der Waals surface area contributed by atoms with Crippen molar-refractivity contribution >= 4 is 5.65 Å². The van der Waals surface area contributed by atoms with Gasteiger partial charge in [0.15, 0.2) is 5.65 Å². The number of hydrogen-bond acceptors (Lipinski definition) is 4. The van der Waals surface area contributed by atoms with E-state index in [0.717, 1.165) is 31.0 Å². The van der Waals surface area contributed by atoms with E-state index in [0.29, 0.717) is 5.92 Å². The maximum atomic E-state index is 4.76. The van der Waals surface area contributed by atoms with Gasteiger partial charge < -0.3 is 5.32 Å². The fraction of sp³-hybridized carbons (Fsp3) is 0.400. The monoisotopic (exact) mass is 335 g/mol. The second kappa shape index (κ2) is 7.33. The van der Waals surface area contributed by atoms with E-state index in [2.05, 4.69) is 57.7 Å². The van der Waals surface area contributed by atoms with Gasteiger partial charge in [-0.15, -0.1) is 0 Å². The highest BCUT2D eigenvalue weighted by Crippen LogP contribution is 2.28. The highest BCUT2D eigenvalue weighted by molar-refractivity contribution is 5.41. The van der Waals surface area contributed by atoms with Crippen molar-refractivity contribution in [1.29, 1.82) is 0 Å². The first-order valence-corrected chi connectivity index (χ1v) is 9.08. The molecule has 4 rings (SSSR count). The molecule has 1 fully saturated rings. The minimum Gasteiger partial charge on any atom is -0.314 e. The number of rotatable bonds is 5. The van der Waals surface area contributed by atoms with Gasteiger partial charge in [0.05, 0.1) is 11.4 Å². The summed E-state index contributed by atoms with van der Waals surface area (Å²) in [5.74, 6) is 0.505. The molecule has 1 N–H and O–H groups in total. The summed E-state index contributed by atoms with van der Waals surface area (Å²) in [7, 11) is 1.95. The average Bonchev–Trinajstić information content (AvgIpc) is 3.05. The molecular weight excluding hydrogens is 310 g/mol. The van der Waals surface area contributed by atoms with Gasteiger partial charge in [-0.05, 0) is 38.1 Å². The van der Waals surface area contributed by atoms with Crippen molar-refractivity contribution in [2.45, 2.75) is 31.8 Å². The topological polar surface area (TPSA) is 45.5 Å². The van der Waals surface area contributed by atoms with Gasteiger partial charge in [0.1, 0.15) is 0 Å². The molecule has 1 unspecified atom stereocenters. The first-order chi connectivity index (χ1) is 12.3. The summed E-state index contributed by atoms with van der Waals surface area (Å²) >= 11 is 0. The van der Waals surface area contributed by atoms with Crippen molar-refractivity contribution in [2.75, 3.05) is 20.1 Å². The van der Waals surface area contributed by atoms with Gasteiger partial charge in [0.25, 0.3) is 0 Å². The van der Waals surface area contributed by atoms with Gasteiger partial charge in [-0.25, -0.2) is 9.50 Å². The summed E-state index contributed by atoms with van der Waals surface area (Å²) in [6.07, 6.45) is 4.36. The Bertz CT molecular complexity index is 826. The Morgan fingerprint density at radius 2 is 2.08 bits per heavy atom. The van der Waals surface area contributed by atoms with Gasteiger partial charge in [-0.1, -0.05) is 30.3 Å². The van der Waals surface area contributed by atoms with E-state index >= 15 is 0 Å². The van der Waals surface area contributed by atoms with Crippen LogP contribution in [0.25, 0.3) is 5.65 Å². The predicted molar refractivity (Wildman–Crippen MR) is 99.4 cm³/mol. The highest BCUT2D eigenvalue weighted by Gasteiger charge is 2.24. The maximum absolute atomic E-state index is 4.76. The van der Waals surface area contributed by atoms with E-state index < -0.39 is 0 Å². The normalized spacial score (nSPS) is 18.7. The summed E-state index contributed by atoms with van der Waals surface area (Å²) in [4.78, 5) is 7.05. The third-order valence-electron chi connectivity index (χ3n) is 4.97. The van der Waals surface area contributed by atoms with Crippen molar-refractivity contribution in [1.82, 2.24) is 24.8 Å². The van der Waals surface area contributed by atoms with Gasteiger partial charge >= 0.3 is 0 Å². The number of nitrogens with zero attached hydrogens (tertiary/aromatic N) is 4. The lowest BCUT2D eigenvalue weighted by molar-refractivity contribution is 0.197. The van der Waals surface area contributed by atoms with E-state index in [1.54, 1.807) is 0 Å². The minimum atomic E-state index is 0.505. The van der Waals surface area contributed by atoms with Crippen molar-refractivity contribution in [3.63, 3.8) is 0 Å². The zero-order valence-corrected chi connectivity index (χ0v) is 14.7. The Morgan fingerprint density at radius 1 is 1.20 bits per heavy atom. The summed E-state index contributed by atoms with van der Waals surface area (Å²) in [5.41, 5.74) is 4.66. The molecule has 0 radical (unpaired) electrons. The SMILES string of the molecule is CNCc1cc2nccc(C3CCCN(Cc4ccccc4)C3)n2n1. The van der Waals surface area contributed by atoms with Crippen molar-refractivity contribution in [2.24, 2.45) is 0 Å². The van der Waals surface area contributed by atoms with Crippen molar-refractivity contribution in [3.05, 3.63) is 65.6 Å². The lowest BCUT2D eigenvalue weighted by Gasteiger charge is -2.33. The van der Waals surface area contributed by atoms with Crippen LogP contribution in [0.5, 0.6) is 0 Å². The standard InChI is InChI=1S/C20H25N5/c1-21-13-18-12-20-22-10-9-19(25(20)23-18)17-8-5-11-24(15-17)14-16-6-3-2-4-7-16/h2-4,6-7,9-10,12,17,21H,5,8,11,13-15H2,1H3. The molecule has 1 saturated heterocycles. The van der Waals surface area contributed by atoms with Crippen LogP contribution in [0, 0.1) is 0 Å². The average molecular weight is 335 g/mol. The molecule has 1 aliphatic rings. The molecule has 0 amide bonds. The van der Waals surface area contributed by atoms with Crippen LogP contribution in [-0.4, -0.2) is 39.6 Å². The lowest BCUT2D eigenvalue weighted by Crippen LogP contribution is -2.34. The molecule has 3 heterocycles. The molecule has 1 aliphatic heterocycles. The van der Waals surface area contributed by atoms with Gasteiger partial charge in [-0.3, -0.25) is 4.90 Å². The maximum Gasteiger partial charge on any atom is 0.155 e. The molecule has 0 bridgehead atoms. The molecule has 0 saturated carbocycles. The van der Waals surface area contributed by atoms with Gasteiger partial charge in [0.2, 0.25) is 0 Å². The first kappa shape index (κ1) is 16.2. The molecular formula is C20H25N5. The summed E-state index contributed by atoms with van der Waals surface area (Å²) in [5, 5.41) is 7.93. The fourth-order valence-electron chi connectivity index (χ4n) is 3.82. The Kier molecular flexibility index (Phi) is 4.76. The molecule has 1 aromatic carbocycles. The molecule has 5 nitrogen and oxygen atoms in total. The molecule has 2 aromatic heterocycles. The molecule has 1 atom stereocenters. The summed E-state index contributed by atoms with van der Waals surface area (Å²) < 4.78 is 2.04. The van der Waals surface area contributed by atoms with Crippen molar-refractivity contribution in [3.8, 4) is 0 Å². The molecule has 3 aromatic rings. The van der Waals surface area contributed by atoms with Crippen molar-refractivity contribution < 1.29 is 0 Å². The molecule has 0 spiro atoms. The summed E-state index contributed by atoms with van der Waals surface area (Å²) in [6.45, 7) is 4.04. The number of benzene rings is 1. The van der Waals surface area contributed by atoms with Crippen LogP contribution in [0.1, 0.15) is 35.7 Å². The van der Waals surface area contributed by atoms with Crippen LogP contribution in [0.2, 0.25) is 0 Å². The number of hydrogen-bond donors (Lipinski definition) is 1. The van der Waals surface area contributed by atoms with Crippen LogP contribution in [0.3, 0.4) is 0 Å². The van der Waals surface area contributed by atoms with E-state index in [1.165, 1.54) is 30.6 Å². The van der Waals surface area contributed by atoms with Crippen LogP contribution in [0.15, 0.2) is 48.7 Å². The molecule has 5 heteroatoms. The second-order valence-corrected chi connectivity index (χ2v) is 6.87. The third-order valence-corrected chi connectivity index (χ3v) is 4.97. The Labute approximate surface area is 148 Å². The van der Waals surface area contributed by atoms with Crippen LogP contribution in [-0.2, 0) is 13.1 Å². The van der Waals surface area contributed by atoms with Crippen LogP contribution in [0.4, 0.5) is 0 Å². The Hall–Kier alpha value is -2.24. The smallest absolute Gasteiger partial charge is 0.155 e. The fourth-order valence-corrected chi connectivity index (χ4v) is 3.82. The Balaban J connectivity index is 1.55. The van der Waals surface area contributed by atoms with E-state index in [4.69, 9.17) is 5.10 Å². The lowest BCUT2D eigenvalue weighted by atomic mass is 9.94. The van der Waals surface area contributed by atoms with Gasteiger partial charge in [0, 0.05) is 37.8 Å². The second-order valence-electron chi connectivity index (χ2n) is 6.87. The molecule has 25 heavy (non-hydrogen) atoms. The van der Waals surface area contributed by atoms with Crippen LogP contribution < -0.4 is 5.32 Å². The third kappa shape index (κ3) is 3.57. The number of aromatic nitrogens is 3. The molecule has 0 aliphatic carbocycles. The molecule has 130 valence electrons. The van der Waals surface area contributed by atoms with E-state index in [-0.39, 0.29) is 0 Å². The zero-order valence-electron chi connectivity index (χ0n) is 14.7. The quantitative estimate of drug-likeness (QED) is 0.779.